The molecule has 1 aliphatic heterocycles. The molecule has 4 nitrogen and oxygen atoms in total. The van der Waals surface area contributed by atoms with Crippen LogP contribution in [0.2, 0.25) is 0 Å². The molecule has 0 unspecified atom stereocenters. The first-order valence-corrected chi connectivity index (χ1v) is 7.69. The van der Waals surface area contributed by atoms with Crippen LogP contribution in [0.25, 0.3) is 11.0 Å². The number of piperidine rings is 1. The van der Waals surface area contributed by atoms with Crippen LogP contribution in [-0.2, 0) is 0 Å². The van der Waals surface area contributed by atoms with E-state index in [2.05, 4.69) is 21.4 Å². The summed E-state index contributed by atoms with van der Waals surface area (Å²) in [6, 6.07) is 5.77. The van der Waals surface area contributed by atoms with Gasteiger partial charge < -0.3 is 4.42 Å². The molecule has 1 saturated heterocycles. The Morgan fingerprint density at radius 2 is 2.05 bits per heavy atom. The Bertz CT molecular complexity index is 645. The molecule has 3 rings (SSSR count). The highest BCUT2D eigenvalue weighted by molar-refractivity contribution is 9.10. The molecule has 1 aromatic heterocycles. The summed E-state index contributed by atoms with van der Waals surface area (Å²) < 4.78 is 6.68. The Morgan fingerprint density at radius 1 is 1.30 bits per heavy atom. The SMILES string of the molecule is Cc1c(C(=O)NN2CCCCC2)oc2ccc(Br)cc12. The molecule has 1 fully saturated rings. The van der Waals surface area contributed by atoms with E-state index in [-0.39, 0.29) is 5.91 Å². The minimum Gasteiger partial charge on any atom is -0.451 e. The third kappa shape index (κ3) is 2.60. The van der Waals surface area contributed by atoms with Gasteiger partial charge in [0.1, 0.15) is 5.58 Å². The minimum absolute atomic E-state index is 0.156. The predicted octanol–water partition coefficient (Wildman–Crippen LogP) is 3.63. The van der Waals surface area contributed by atoms with Gasteiger partial charge in [-0.2, -0.15) is 0 Å². The first-order chi connectivity index (χ1) is 9.65. The number of halogens is 1. The molecule has 0 saturated carbocycles. The number of rotatable bonds is 2. The van der Waals surface area contributed by atoms with Crippen molar-refractivity contribution in [3.63, 3.8) is 0 Å². The Hall–Kier alpha value is -1.33. The fourth-order valence-electron chi connectivity index (χ4n) is 2.61. The minimum atomic E-state index is -0.156. The van der Waals surface area contributed by atoms with Crippen molar-refractivity contribution in [2.45, 2.75) is 26.2 Å². The van der Waals surface area contributed by atoms with E-state index in [9.17, 15) is 4.79 Å². The highest BCUT2D eigenvalue weighted by atomic mass is 79.9. The third-order valence-corrected chi connectivity index (χ3v) is 4.21. The Balaban J connectivity index is 1.85. The molecule has 2 heterocycles. The number of carbonyl (C=O) groups excluding carboxylic acids is 1. The number of aryl methyl sites for hydroxylation is 1. The lowest BCUT2D eigenvalue weighted by Gasteiger charge is -2.26. The topological polar surface area (TPSA) is 45.5 Å². The molecule has 0 atom stereocenters. The highest BCUT2D eigenvalue weighted by Gasteiger charge is 2.20. The summed E-state index contributed by atoms with van der Waals surface area (Å²) >= 11 is 3.44. The summed E-state index contributed by atoms with van der Waals surface area (Å²) in [4.78, 5) is 12.3. The zero-order valence-corrected chi connectivity index (χ0v) is 13.0. The zero-order valence-electron chi connectivity index (χ0n) is 11.4. The quantitative estimate of drug-likeness (QED) is 0.910. The van der Waals surface area contributed by atoms with Crippen molar-refractivity contribution in [1.82, 2.24) is 10.4 Å². The van der Waals surface area contributed by atoms with Gasteiger partial charge in [-0.25, -0.2) is 5.01 Å². The van der Waals surface area contributed by atoms with Crippen molar-refractivity contribution in [3.05, 3.63) is 34.0 Å². The normalized spacial score (nSPS) is 16.5. The van der Waals surface area contributed by atoms with Crippen molar-refractivity contribution < 1.29 is 9.21 Å². The van der Waals surface area contributed by atoms with E-state index in [1.807, 2.05) is 30.1 Å². The second-order valence-corrected chi connectivity index (χ2v) is 6.10. The Labute approximate surface area is 126 Å². The van der Waals surface area contributed by atoms with Crippen LogP contribution in [0.5, 0.6) is 0 Å². The number of amides is 1. The van der Waals surface area contributed by atoms with Crippen LogP contribution in [0.4, 0.5) is 0 Å². The molecule has 0 bridgehead atoms. The van der Waals surface area contributed by atoms with E-state index in [1.54, 1.807) is 0 Å². The van der Waals surface area contributed by atoms with E-state index in [1.165, 1.54) is 6.42 Å². The standard InChI is InChI=1S/C15H17BrN2O2/c1-10-12-9-11(16)5-6-13(12)20-14(10)15(19)17-18-7-3-2-4-8-18/h5-6,9H,2-4,7-8H2,1H3,(H,17,19). The van der Waals surface area contributed by atoms with Crippen LogP contribution in [-0.4, -0.2) is 24.0 Å². The van der Waals surface area contributed by atoms with E-state index in [0.717, 1.165) is 46.9 Å². The average molecular weight is 337 g/mol. The van der Waals surface area contributed by atoms with Gasteiger partial charge in [0.05, 0.1) is 0 Å². The maximum Gasteiger partial charge on any atom is 0.301 e. The van der Waals surface area contributed by atoms with Crippen LogP contribution < -0.4 is 5.43 Å². The van der Waals surface area contributed by atoms with Gasteiger partial charge in [0, 0.05) is 28.5 Å². The number of hydrazine groups is 1. The zero-order chi connectivity index (χ0) is 14.1. The van der Waals surface area contributed by atoms with E-state index < -0.39 is 0 Å². The van der Waals surface area contributed by atoms with Gasteiger partial charge in [-0.05, 0) is 38.0 Å². The monoisotopic (exact) mass is 336 g/mol. The first kappa shape index (κ1) is 13.6. The van der Waals surface area contributed by atoms with E-state index in [4.69, 9.17) is 4.42 Å². The van der Waals surface area contributed by atoms with Gasteiger partial charge in [0.15, 0.2) is 5.76 Å². The van der Waals surface area contributed by atoms with E-state index in [0.29, 0.717) is 5.76 Å². The van der Waals surface area contributed by atoms with Crippen molar-refractivity contribution in [2.75, 3.05) is 13.1 Å². The number of nitrogens with zero attached hydrogens (tertiary/aromatic N) is 1. The lowest BCUT2D eigenvalue weighted by atomic mass is 10.1. The Morgan fingerprint density at radius 3 is 2.80 bits per heavy atom. The smallest absolute Gasteiger partial charge is 0.301 e. The molecule has 2 aromatic rings. The maximum absolute atomic E-state index is 12.3. The van der Waals surface area contributed by atoms with Crippen LogP contribution in [0, 0.1) is 6.92 Å². The summed E-state index contributed by atoms with van der Waals surface area (Å²) in [6.45, 7) is 3.75. The van der Waals surface area contributed by atoms with Gasteiger partial charge in [-0.15, -0.1) is 0 Å². The number of hydrogen-bond acceptors (Lipinski definition) is 3. The summed E-state index contributed by atoms with van der Waals surface area (Å²) in [5.74, 6) is 0.250. The summed E-state index contributed by atoms with van der Waals surface area (Å²) in [6.07, 6.45) is 3.50. The molecule has 1 N–H and O–H groups in total. The van der Waals surface area contributed by atoms with Crippen LogP contribution in [0.1, 0.15) is 35.4 Å². The molecule has 20 heavy (non-hydrogen) atoms. The molecule has 1 aromatic carbocycles. The largest absolute Gasteiger partial charge is 0.451 e. The molecule has 1 aliphatic rings. The number of furan rings is 1. The van der Waals surface area contributed by atoms with Gasteiger partial charge in [0.2, 0.25) is 0 Å². The van der Waals surface area contributed by atoms with Crippen molar-refractivity contribution in [3.8, 4) is 0 Å². The molecule has 0 aliphatic carbocycles. The summed E-state index contributed by atoms with van der Waals surface area (Å²) in [7, 11) is 0. The third-order valence-electron chi connectivity index (χ3n) is 3.72. The van der Waals surface area contributed by atoms with Crippen LogP contribution in [0.15, 0.2) is 27.1 Å². The highest BCUT2D eigenvalue weighted by Crippen LogP contribution is 2.28. The Kier molecular flexibility index (Phi) is 3.81. The first-order valence-electron chi connectivity index (χ1n) is 6.90. The molecular formula is C15H17BrN2O2. The number of hydrogen-bond donors (Lipinski definition) is 1. The second kappa shape index (κ2) is 5.58. The van der Waals surface area contributed by atoms with Gasteiger partial charge in [-0.1, -0.05) is 22.4 Å². The molecule has 106 valence electrons. The molecule has 1 amide bonds. The molecular weight excluding hydrogens is 320 g/mol. The number of benzene rings is 1. The number of carbonyl (C=O) groups is 1. The van der Waals surface area contributed by atoms with E-state index >= 15 is 0 Å². The lowest BCUT2D eigenvalue weighted by molar-refractivity contribution is 0.0722. The average Bonchev–Trinajstić information content (AvgIpc) is 2.77. The summed E-state index contributed by atoms with van der Waals surface area (Å²) in [5.41, 5.74) is 4.57. The van der Waals surface area contributed by atoms with Crippen molar-refractivity contribution >= 4 is 32.8 Å². The molecule has 0 spiro atoms. The fourth-order valence-corrected chi connectivity index (χ4v) is 2.97. The fraction of sp³-hybridized carbons (Fsp3) is 0.400. The van der Waals surface area contributed by atoms with Crippen molar-refractivity contribution in [1.29, 1.82) is 0 Å². The van der Waals surface area contributed by atoms with Gasteiger partial charge in [-0.3, -0.25) is 10.2 Å². The van der Waals surface area contributed by atoms with Gasteiger partial charge in [0.25, 0.3) is 0 Å². The van der Waals surface area contributed by atoms with Gasteiger partial charge >= 0.3 is 5.91 Å². The van der Waals surface area contributed by atoms with Crippen LogP contribution >= 0.6 is 15.9 Å². The molecule has 0 radical (unpaired) electrons. The van der Waals surface area contributed by atoms with Crippen molar-refractivity contribution in [2.24, 2.45) is 0 Å². The molecule has 5 heteroatoms. The lowest BCUT2D eigenvalue weighted by Crippen LogP contribution is -2.45. The number of fused-ring (bicyclic) bond motifs is 1. The number of nitrogens with one attached hydrogen (secondary N) is 1. The van der Waals surface area contributed by atoms with Crippen LogP contribution in [0.3, 0.4) is 0 Å². The maximum atomic E-state index is 12.3. The second-order valence-electron chi connectivity index (χ2n) is 5.19. The predicted molar refractivity (Wildman–Crippen MR) is 81.5 cm³/mol. The summed E-state index contributed by atoms with van der Waals surface area (Å²) in [5, 5.41) is 2.96.